The zero-order valence-corrected chi connectivity index (χ0v) is 19.1. The number of pyridine rings is 2. The fourth-order valence-electron chi connectivity index (χ4n) is 4.81. The fraction of sp³-hybridized carbons (Fsp3) is 0.364. The van der Waals surface area contributed by atoms with Crippen LogP contribution in [-0.4, -0.2) is 45.6 Å². The Morgan fingerprint density at radius 1 is 1.34 bits per heavy atom. The number of halogens is 1. The van der Waals surface area contributed by atoms with Crippen LogP contribution in [0.5, 0.6) is 0 Å². The van der Waals surface area contributed by atoms with Crippen molar-refractivity contribution < 1.29 is 4.73 Å². The topological polar surface area (TPSA) is 96.7 Å². The summed E-state index contributed by atoms with van der Waals surface area (Å²) in [6.45, 7) is 5.04. The second kappa shape index (κ2) is 7.75. The van der Waals surface area contributed by atoms with Crippen LogP contribution in [-0.2, 0) is 6.42 Å². The summed E-state index contributed by atoms with van der Waals surface area (Å²) in [6, 6.07) is 5.84. The van der Waals surface area contributed by atoms with Gasteiger partial charge in [-0.25, -0.2) is 15.0 Å². The minimum Gasteiger partial charge on any atom is -0.618 e. The summed E-state index contributed by atoms with van der Waals surface area (Å²) < 4.78 is 0.830. The molecule has 6 heterocycles. The van der Waals surface area contributed by atoms with E-state index in [2.05, 4.69) is 27.1 Å². The quantitative estimate of drug-likeness (QED) is 0.270. The number of aromatic nitrogens is 5. The molecule has 4 aromatic rings. The molecule has 8 nitrogen and oxygen atoms in total. The van der Waals surface area contributed by atoms with Crippen molar-refractivity contribution in [1.82, 2.24) is 25.3 Å². The molecule has 32 heavy (non-hydrogen) atoms. The Morgan fingerprint density at radius 2 is 2.25 bits per heavy atom. The highest BCUT2D eigenvalue weighted by Gasteiger charge is 2.37. The number of nitrogens with one attached hydrogen (secondary N) is 2. The fourth-order valence-corrected chi connectivity index (χ4v) is 5.93. The van der Waals surface area contributed by atoms with Crippen LogP contribution in [0.1, 0.15) is 19.0 Å². The van der Waals surface area contributed by atoms with E-state index in [0.29, 0.717) is 33.2 Å². The van der Waals surface area contributed by atoms with E-state index in [9.17, 15) is 5.21 Å². The normalized spacial score (nSPS) is 20.5. The van der Waals surface area contributed by atoms with E-state index < -0.39 is 0 Å². The van der Waals surface area contributed by atoms with Gasteiger partial charge in [0, 0.05) is 48.1 Å². The van der Waals surface area contributed by atoms with Gasteiger partial charge >= 0.3 is 0 Å². The van der Waals surface area contributed by atoms with Crippen LogP contribution in [0.2, 0.25) is 5.02 Å². The summed E-state index contributed by atoms with van der Waals surface area (Å²) in [5.41, 5.74) is 2.89. The highest BCUT2D eigenvalue weighted by Crippen LogP contribution is 2.39. The number of fused-ring (bicyclic) bond motifs is 3. The van der Waals surface area contributed by atoms with E-state index in [1.54, 1.807) is 12.3 Å². The molecule has 164 valence electrons. The van der Waals surface area contributed by atoms with E-state index in [1.807, 2.05) is 12.1 Å². The van der Waals surface area contributed by atoms with Gasteiger partial charge < -0.3 is 20.4 Å². The van der Waals surface area contributed by atoms with Gasteiger partial charge in [0.15, 0.2) is 11.4 Å². The molecule has 0 bridgehead atoms. The standard InChI is InChI=1S/C22H22ClN7OS/c1-2-14-19(23)18-20(26-14)27-22(28-21(18)29-10-12-5-6-24-16(12)11-29)32-13-8-17-15(25-9-13)4-3-7-30(17)31/h3-4,7-9,12,16,24H,2,5-6,10-11H2,1H3,(H,26,27,28). The maximum Gasteiger partial charge on any atom is 0.243 e. The van der Waals surface area contributed by atoms with Crippen LogP contribution in [0.15, 0.2) is 40.6 Å². The van der Waals surface area contributed by atoms with Crippen molar-refractivity contribution in [2.45, 2.75) is 35.9 Å². The third-order valence-electron chi connectivity index (χ3n) is 6.43. The number of hydrogen-bond acceptors (Lipinski definition) is 7. The zero-order chi connectivity index (χ0) is 21.8. The molecule has 0 saturated carbocycles. The average molecular weight is 468 g/mol. The van der Waals surface area contributed by atoms with Crippen molar-refractivity contribution in [3.63, 3.8) is 0 Å². The number of H-pyrrole nitrogens is 1. The number of nitrogens with zero attached hydrogens (tertiary/aromatic N) is 5. The summed E-state index contributed by atoms with van der Waals surface area (Å²) in [5, 5.41) is 18.0. The maximum atomic E-state index is 12.2. The lowest BCUT2D eigenvalue weighted by Crippen LogP contribution is -2.30. The largest absolute Gasteiger partial charge is 0.618 e. The molecule has 10 heteroatoms. The minimum atomic E-state index is 0.497. The zero-order valence-electron chi connectivity index (χ0n) is 17.5. The van der Waals surface area contributed by atoms with Crippen molar-refractivity contribution >= 4 is 51.2 Å². The van der Waals surface area contributed by atoms with Crippen molar-refractivity contribution in [2.24, 2.45) is 5.92 Å². The van der Waals surface area contributed by atoms with E-state index >= 15 is 0 Å². The molecule has 0 spiro atoms. The van der Waals surface area contributed by atoms with E-state index in [0.717, 1.165) is 58.2 Å². The second-order valence-electron chi connectivity index (χ2n) is 8.35. The van der Waals surface area contributed by atoms with Crippen molar-refractivity contribution in [2.75, 3.05) is 24.5 Å². The van der Waals surface area contributed by atoms with Crippen LogP contribution >= 0.6 is 23.4 Å². The van der Waals surface area contributed by atoms with Gasteiger partial charge in [-0.1, -0.05) is 18.5 Å². The Kier molecular flexibility index (Phi) is 4.85. The Hall–Kier alpha value is -2.62. The lowest BCUT2D eigenvalue weighted by atomic mass is 10.1. The molecule has 6 rings (SSSR count). The van der Waals surface area contributed by atoms with Gasteiger partial charge in [-0.3, -0.25) is 0 Å². The third kappa shape index (κ3) is 3.27. The van der Waals surface area contributed by atoms with Crippen LogP contribution in [0.3, 0.4) is 0 Å². The molecule has 0 aromatic carbocycles. The van der Waals surface area contributed by atoms with Crippen LogP contribution in [0.4, 0.5) is 5.82 Å². The predicted molar refractivity (Wildman–Crippen MR) is 125 cm³/mol. The maximum absolute atomic E-state index is 12.2. The summed E-state index contributed by atoms with van der Waals surface area (Å²) in [5.74, 6) is 1.51. The lowest BCUT2D eigenvalue weighted by Gasteiger charge is -2.20. The summed E-state index contributed by atoms with van der Waals surface area (Å²) in [4.78, 5) is 20.7. The molecule has 2 N–H and O–H groups in total. The first-order valence-electron chi connectivity index (χ1n) is 10.8. The highest BCUT2D eigenvalue weighted by molar-refractivity contribution is 7.99. The first kappa shape index (κ1) is 20.0. The third-order valence-corrected chi connectivity index (χ3v) is 7.67. The molecule has 2 atom stereocenters. The summed E-state index contributed by atoms with van der Waals surface area (Å²) in [6.07, 6.45) is 5.21. The Labute approximate surface area is 194 Å². The highest BCUT2D eigenvalue weighted by atomic mass is 35.5. The number of anilines is 1. The minimum absolute atomic E-state index is 0.497. The molecule has 0 amide bonds. The van der Waals surface area contributed by atoms with Gasteiger partial charge in [-0.15, -0.1) is 0 Å². The lowest BCUT2D eigenvalue weighted by molar-refractivity contribution is -0.577. The smallest absolute Gasteiger partial charge is 0.243 e. The van der Waals surface area contributed by atoms with Gasteiger partial charge in [0.1, 0.15) is 17.0 Å². The SMILES string of the molecule is CCc1[nH]c2nc(Sc3cnc4ccc[n+]([O-])c4c3)nc(N3CC4CCNC4C3)c2c1Cl. The molecule has 0 radical (unpaired) electrons. The number of aryl methyl sites for hydroxylation is 1. The van der Waals surface area contributed by atoms with E-state index in [4.69, 9.17) is 21.6 Å². The van der Waals surface area contributed by atoms with Crippen LogP contribution < -0.4 is 14.9 Å². The van der Waals surface area contributed by atoms with Crippen LogP contribution in [0, 0.1) is 11.1 Å². The van der Waals surface area contributed by atoms with Gasteiger partial charge in [0.2, 0.25) is 5.52 Å². The molecule has 2 aliphatic heterocycles. The Morgan fingerprint density at radius 3 is 3.09 bits per heavy atom. The summed E-state index contributed by atoms with van der Waals surface area (Å²) in [7, 11) is 0. The first-order valence-corrected chi connectivity index (χ1v) is 12.0. The predicted octanol–water partition coefficient (Wildman–Crippen LogP) is 3.30. The molecule has 4 aromatic heterocycles. The van der Waals surface area contributed by atoms with Crippen LogP contribution in [0.25, 0.3) is 22.1 Å². The molecule has 2 unspecified atom stereocenters. The average Bonchev–Trinajstić information content (AvgIpc) is 3.47. The molecule has 2 aliphatic rings. The number of rotatable bonds is 4. The van der Waals surface area contributed by atoms with Crippen molar-refractivity contribution in [3.05, 3.63) is 46.5 Å². The van der Waals surface area contributed by atoms with Gasteiger partial charge in [-0.05, 0) is 43.1 Å². The van der Waals surface area contributed by atoms with E-state index in [-0.39, 0.29) is 0 Å². The number of hydrogen-bond donors (Lipinski definition) is 2. The van der Waals surface area contributed by atoms with Crippen molar-refractivity contribution in [1.29, 1.82) is 0 Å². The molecular formula is C22H22ClN7OS. The number of aromatic amines is 1. The second-order valence-corrected chi connectivity index (χ2v) is 9.77. The monoisotopic (exact) mass is 467 g/mol. The Bertz CT molecular complexity index is 1330. The molecule has 2 saturated heterocycles. The van der Waals surface area contributed by atoms with Gasteiger partial charge in [-0.2, -0.15) is 4.73 Å². The summed E-state index contributed by atoms with van der Waals surface area (Å²) >= 11 is 8.15. The molecular weight excluding hydrogens is 446 g/mol. The molecule has 2 fully saturated rings. The molecule has 0 aliphatic carbocycles. The van der Waals surface area contributed by atoms with Gasteiger partial charge in [0.25, 0.3) is 0 Å². The van der Waals surface area contributed by atoms with E-state index in [1.165, 1.54) is 24.4 Å². The first-order chi connectivity index (χ1) is 15.6. The van der Waals surface area contributed by atoms with Crippen molar-refractivity contribution in [3.8, 4) is 0 Å². The van der Waals surface area contributed by atoms with Gasteiger partial charge in [0.05, 0.1) is 10.4 Å². The Balaban J connectivity index is 1.43.